The van der Waals surface area contributed by atoms with Crippen LogP contribution in [-0.2, 0) is 6.54 Å². The number of nitrogens with zero attached hydrogens (tertiary/aromatic N) is 2. The van der Waals surface area contributed by atoms with Crippen molar-refractivity contribution in [2.24, 2.45) is 4.99 Å². The fourth-order valence-electron chi connectivity index (χ4n) is 0.854. The first-order chi connectivity index (χ1) is 6.74. The van der Waals surface area contributed by atoms with E-state index in [-0.39, 0.29) is 0 Å². The molecule has 0 bridgehead atoms. The Hall–Kier alpha value is -1.000. The Bertz CT molecular complexity index is 352. The van der Waals surface area contributed by atoms with Gasteiger partial charge in [0.25, 0.3) is 0 Å². The zero-order chi connectivity index (χ0) is 10.4. The second kappa shape index (κ2) is 5.67. The van der Waals surface area contributed by atoms with Crippen LogP contribution in [0.25, 0.3) is 0 Å². The summed E-state index contributed by atoms with van der Waals surface area (Å²) in [6.45, 7) is 3.89. The van der Waals surface area contributed by atoms with Gasteiger partial charge < -0.3 is 5.32 Å². The van der Waals surface area contributed by atoms with E-state index < -0.39 is 0 Å². The number of rotatable bonds is 4. The monoisotopic (exact) mass is 227 g/mol. The molecule has 0 fully saturated rings. The highest BCUT2D eigenvalue weighted by Crippen LogP contribution is 2.16. The third kappa shape index (κ3) is 3.40. The Morgan fingerprint density at radius 1 is 1.71 bits per heavy atom. The van der Waals surface area contributed by atoms with Crippen LogP contribution in [0.1, 0.15) is 5.69 Å². The molecule has 1 N–H and O–H groups in total. The second-order valence-electron chi connectivity index (χ2n) is 2.50. The summed E-state index contributed by atoms with van der Waals surface area (Å²) in [6, 6.07) is 1.75. The Kier molecular flexibility index (Phi) is 4.49. The first-order valence-electron chi connectivity index (χ1n) is 3.91. The highest BCUT2D eigenvalue weighted by molar-refractivity contribution is 7.80. The van der Waals surface area contributed by atoms with Crippen LogP contribution in [0.3, 0.4) is 0 Å². The van der Waals surface area contributed by atoms with Gasteiger partial charge in [0.05, 0.1) is 17.3 Å². The molecule has 1 rings (SSSR count). The molecular weight excluding hydrogens is 218 g/mol. The first-order valence-corrected chi connectivity index (χ1v) is 4.74. The van der Waals surface area contributed by atoms with Crippen LogP contribution in [0.2, 0.25) is 5.02 Å². The number of halogens is 1. The molecule has 0 radical (unpaired) electrons. The van der Waals surface area contributed by atoms with Crippen LogP contribution >= 0.6 is 24.2 Å². The summed E-state index contributed by atoms with van der Waals surface area (Å²) in [4.78, 5) is 8.44. The second-order valence-corrected chi connectivity index (χ2v) is 3.42. The Labute approximate surface area is 93.3 Å². The largest absolute Gasteiger partial charge is 0.384 e. The van der Waals surface area contributed by atoms with Crippen LogP contribution in [0, 0.1) is 0 Å². The normalized spacial score (nSPS) is 10.4. The average molecular weight is 228 g/mol. The molecule has 3 nitrogen and oxygen atoms in total. The topological polar surface area (TPSA) is 37.3 Å². The lowest BCUT2D eigenvalue weighted by molar-refractivity contribution is 0.812. The third-order valence-electron chi connectivity index (χ3n) is 1.48. The minimum absolute atomic E-state index is 0.585. The van der Waals surface area contributed by atoms with E-state index in [4.69, 9.17) is 11.6 Å². The molecule has 5 heteroatoms. The van der Waals surface area contributed by atoms with E-state index in [0.29, 0.717) is 11.6 Å². The van der Waals surface area contributed by atoms with Gasteiger partial charge in [-0.25, -0.2) is 0 Å². The Morgan fingerprint density at radius 2 is 2.50 bits per heavy atom. The average Bonchev–Trinajstić information content (AvgIpc) is 2.15. The van der Waals surface area contributed by atoms with Gasteiger partial charge in [-0.05, 0) is 12.8 Å². The van der Waals surface area contributed by atoms with Crippen molar-refractivity contribution in [3.8, 4) is 0 Å². The summed E-state index contributed by atoms with van der Waals surface area (Å²) in [5.74, 6) is 0. The molecule has 1 aromatic heterocycles. The van der Waals surface area contributed by atoms with Gasteiger partial charge in [-0.2, -0.15) is 0 Å². The van der Waals surface area contributed by atoms with Crippen LogP contribution in [0.15, 0.2) is 34.6 Å². The molecular formula is C9H10ClN3S. The van der Waals surface area contributed by atoms with E-state index >= 15 is 0 Å². The maximum Gasteiger partial charge on any atom is 0.0728 e. The number of aromatic nitrogens is 1. The van der Waals surface area contributed by atoms with Crippen molar-refractivity contribution >= 4 is 30.9 Å². The standard InChI is InChI=1S/C9H10ClN3S/c1-11-2-3-12-6-8-9(14)4-7(10)5-13-8/h2-5,12,14H,1,6H2/b3-2-. The molecule has 74 valence electrons. The maximum atomic E-state index is 5.73. The SMILES string of the molecule is C=N/C=C\NCc1ncc(Cl)cc1S. The van der Waals surface area contributed by atoms with Gasteiger partial charge in [-0.3, -0.25) is 9.98 Å². The lowest BCUT2D eigenvalue weighted by Crippen LogP contribution is -2.06. The van der Waals surface area contributed by atoms with Gasteiger partial charge in [-0.1, -0.05) is 11.6 Å². The minimum Gasteiger partial charge on any atom is -0.384 e. The first kappa shape index (κ1) is 11.1. The van der Waals surface area contributed by atoms with E-state index in [0.717, 1.165) is 10.6 Å². The number of hydrogen-bond donors (Lipinski definition) is 2. The summed E-state index contributed by atoms with van der Waals surface area (Å²) < 4.78 is 0. The van der Waals surface area contributed by atoms with Crippen molar-refractivity contribution in [3.05, 3.63) is 35.4 Å². The summed E-state index contributed by atoms with van der Waals surface area (Å²) in [5, 5.41) is 3.58. The molecule has 0 saturated heterocycles. The zero-order valence-corrected chi connectivity index (χ0v) is 9.09. The van der Waals surface area contributed by atoms with Gasteiger partial charge in [0.1, 0.15) is 0 Å². The maximum absolute atomic E-state index is 5.73. The Morgan fingerprint density at radius 3 is 3.14 bits per heavy atom. The van der Waals surface area contributed by atoms with E-state index in [1.807, 2.05) is 0 Å². The van der Waals surface area contributed by atoms with Crippen molar-refractivity contribution in [2.45, 2.75) is 11.4 Å². The molecule has 0 saturated carbocycles. The zero-order valence-electron chi connectivity index (χ0n) is 7.44. The van der Waals surface area contributed by atoms with E-state index in [1.54, 1.807) is 24.7 Å². The highest BCUT2D eigenvalue weighted by Gasteiger charge is 1.99. The molecule has 0 aliphatic carbocycles. The summed E-state index contributed by atoms with van der Waals surface area (Å²) >= 11 is 9.98. The predicted molar refractivity (Wildman–Crippen MR) is 62.0 cm³/mol. The minimum atomic E-state index is 0.585. The van der Waals surface area contributed by atoms with Gasteiger partial charge in [0.15, 0.2) is 0 Å². The highest BCUT2D eigenvalue weighted by atomic mass is 35.5. The molecule has 0 aliphatic heterocycles. The fraction of sp³-hybridized carbons (Fsp3) is 0.111. The van der Waals surface area contributed by atoms with Crippen molar-refractivity contribution in [1.29, 1.82) is 0 Å². The number of pyridine rings is 1. The molecule has 0 unspecified atom stereocenters. The molecule has 1 aromatic rings. The van der Waals surface area contributed by atoms with Crippen LogP contribution in [0.4, 0.5) is 0 Å². The van der Waals surface area contributed by atoms with Gasteiger partial charge in [0, 0.05) is 23.5 Å². The predicted octanol–water partition coefficient (Wildman–Crippen LogP) is 2.29. The molecule has 14 heavy (non-hydrogen) atoms. The fourth-order valence-corrected chi connectivity index (χ4v) is 1.36. The summed E-state index contributed by atoms with van der Waals surface area (Å²) in [6.07, 6.45) is 4.85. The number of thiol groups is 1. The van der Waals surface area contributed by atoms with Crippen molar-refractivity contribution in [2.75, 3.05) is 0 Å². The van der Waals surface area contributed by atoms with Crippen molar-refractivity contribution in [1.82, 2.24) is 10.3 Å². The molecule has 0 aliphatic rings. The number of nitrogens with one attached hydrogen (secondary N) is 1. The summed E-state index contributed by atoms with van der Waals surface area (Å²) in [5.41, 5.74) is 0.839. The molecule has 0 amide bonds. The smallest absolute Gasteiger partial charge is 0.0728 e. The third-order valence-corrected chi connectivity index (χ3v) is 2.08. The van der Waals surface area contributed by atoms with Crippen molar-refractivity contribution in [3.63, 3.8) is 0 Å². The van der Waals surface area contributed by atoms with Crippen LogP contribution in [-0.4, -0.2) is 11.7 Å². The number of aliphatic imine (C=N–C) groups is 1. The quantitative estimate of drug-likeness (QED) is 0.612. The van der Waals surface area contributed by atoms with E-state index in [9.17, 15) is 0 Å². The Balaban J connectivity index is 2.59. The summed E-state index contributed by atoms with van der Waals surface area (Å²) in [7, 11) is 0. The lowest BCUT2D eigenvalue weighted by Gasteiger charge is -2.03. The molecule has 0 aromatic carbocycles. The molecule has 0 spiro atoms. The van der Waals surface area contributed by atoms with Crippen LogP contribution in [0.5, 0.6) is 0 Å². The van der Waals surface area contributed by atoms with E-state index in [1.165, 1.54) is 0 Å². The van der Waals surface area contributed by atoms with Crippen molar-refractivity contribution < 1.29 is 0 Å². The van der Waals surface area contributed by atoms with E-state index in [2.05, 4.69) is 34.6 Å². The molecule has 1 heterocycles. The molecule has 0 atom stereocenters. The van der Waals surface area contributed by atoms with Crippen LogP contribution < -0.4 is 5.32 Å². The lowest BCUT2D eigenvalue weighted by atomic mass is 10.3. The van der Waals surface area contributed by atoms with Gasteiger partial charge >= 0.3 is 0 Å². The number of hydrogen-bond acceptors (Lipinski definition) is 4. The van der Waals surface area contributed by atoms with Gasteiger partial charge in [0.2, 0.25) is 0 Å². The van der Waals surface area contributed by atoms with Gasteiger partial charge in [-0.15, -0.1) is 12.6 Å².